The van der Waals surface area contributed by atoms with Crippen molar-refractivity contribution in [3.05, 3.63) is 59.2 Å². The van der Waals surface area contributed by atoms with Crippen LogP contribution in [-0.4, -0.2) is 33.8 Å². The minimum atomic E-state index is -3.29. The Labute approximate surface area is 179 Å². The number of hydrogen-bond acceptors (Lipinski definition) is 3. The highest BCUT2D eigenvalue weighted by Crippen LogP contribution is 2.30. The third-order valence-electron chi connectivity index (χ3n) is 4.88. The predicted molar refractivity (Wildman–Crippen MR) is 124 cm³/mol. The lowest BCUT2D eigenvalue weighted by molar-refractivity contribution is 0.243. The molecule has 2 amide bonds. The molecular formula is C23H29N3O3S. The van der Waals surface area contributed by atoms with Crippen LogP contribution in [0.4, 0.5) is 16.2 Å². The van der Waals surface area contributed by atoms with Crippen LogP contribution in [0.1, 0.15) is 43.9 Å². The van der Waals surface area contributed by atoms with Gasteiger partial charge >= 0.3 is 6.03 Å². The molecule has 3 rings (SSSR count). The maximum Gasteiger partial charge on any atom is 0.321 e. The quantitative estimate of drug-likeness (QED) is 0.692. The number of amides is 2. The molecular weight excluding hydrogens is 398 g/mol. The van der Waals surface area contributed by atoms with Gasteiger partial charge in [0.15, 0.2) is 0 Å². The summed E-state index contributed by atoms with van der Waals surface area (Å²) < 4.78 is 25.1. The zero-order chi connectivity index (χ0) is 21.9. The average Bonchev–Trinajstić information content (AvgIpc) is 2.66. The van der Waals surface area contributed by atoms with E-state index in [1.165, 1.54) is 0 Å². The van der Waals surface area contributed by atoms with Crippen molar-refractivity contribution in [3.8, 4) is 0 Å². The molecule has 1 saturated heterocycles. The van der Waals surface area contributed by atoms with Crippen LogP contribution in [0.25, 0.3) is 12.2 Å². The molecule has 30 heavy (non-hydrogen) atoms. The predicted octanol–water partition coefficient (Wildman–Crippen LogP) is 4.45. The summed E-state index contributed by atoms with van der Waals surface area (Å²) in [5, 5.41) is 2.91. The zero-order valence-corrected chi connectivity index (χ0v) is 18.7. The second kappa shape index (κ2) is 8.52. The van der Waals surface area contributed by atoms with E-state index in [1.807, 2.05) is 30.4 Å². The van der Waals surface area contributed by atoms with Crippen LogP contribution >= 0.6 is 0 Å². The van der Waals surface area contributed by atoms with Crippen LogP contribution in [0.2, 0.25) is 0 Å². The second-order valence-electron chi connectivity index (χ2n) is 8.63. The number of hydrogen-bond donors (Lipinski definition) is 2. The summed E-state index contributed by atoms with van der Waals surface area (Å²) in [5.41, 5.74) is 4.49. The fraction of sp³-hybridized carbons (Fsp3) is 0.348. The number of anilines is 2. The maximum atomic E-state index is 12.3. The largest absolute Gasteiger partial charge is 0.338 e. The first kappa shape index (κ1) is 21.9. The monoisotopic (exact) mass is 427 g/mol. The molecule has 0 radical (unpaired) electrons. The van der Waals surface area contributed by atoms with Gasteiger partial charge in [0.05, 0.1) is 6.26 Å². The van der Waals surface area contributed by atoms with E-state index in [9.17, 15) is 13.2 Å². The van der Waals surface area contributed by atoms with Crippen molar-refractivity contribution in [1.82, 2.24) is 5.32 Å². The second-order valence-corrected chi connectivity index (χ2v) is 10.4. The van der Waals surface area contributed by atoms with E-state index in [1.54, 1.807) is 17.0 Å². The summed E-state index contributed by atoms with van der Waals surface area (Å²) in [7, 11) is -3.29. The van der Waals surface area contributed by atoms with E-state index in [0.717, 1.165) is 35.1 Å². The summed E-state index contributed by atoms with van der Waals surface area (Å²) in [4.78, 5) is 14.1. The van der Waals surface area contributed by atoms with Crippen LogP contribution in [-0.2, 0) is 15.4 Å². The van der Waals surface area contributed by atoms with Crippen molar-refractivity contribution < 1.29 is 13.2 Å². The van der Waals surface area contributed by atoms with Crippen molar-refractivity contribution >= 4 is 39.6 Å². The number of nitrogens with zero attached hydrogens (tertiary/aromatic N) is 1. The Morgan fingerprint density at radius 1 is 1.03 bits per heavy atom. The topological polar surface area (TPSA) is 78.5 Å². The van der Waals surface area contributed by atoms with Gasteiger partial charge in [-0.2, -0.15) is 0 Å². The van der Waals surface area contributed by atoms with Crippen molar-refractivity contribution in [1.29, 1.82) is 0 Å². The third-order valence-corrected chi connectivity index (χ3v) is 5.49. The Hall–Kier alpha value is -2.80. The van der Waals surface area contributed by atoms with E-state index in [4.69, 9.17) is 0 Å². The fourth-order valence-corrected chi connectivity index (χ4v) is 3.83. The van der Waals surface area contributed by atoms with E-state index in [-0.39, 0.29) is 11.4 Å². The van der Waals surface area contributed by atoms with Crippen LogP contribution in [0.15, 0.2) is 42.5 Å². The van der Waals surface area contributed by atoms with Gasteiger partial charge in [-0.15, -0.1) is 0 Å². The zero-order valence-electron chi connectivity index (χ0n) is 17.9. The highest BCUT2D eigenvalue weighted by molar-refractivity contribution is 7.92. The van der Waals surface area contributed by atoms with E-state index < -0.39 is 10.0 Å². The SMILES string of the molecule is CC(C)(C)c1cc(C=Cc2ccc(NS(C)(=O)=O)cc2)cc(N2CCCNC2=O)c1. The number of urea groups is 1. The van der Waals surface area contributed by atoms with Crippen LogP contribution in [0, 0.1) is 0 Å². The molecule has 0 unspecified atom stereocenters. The van der Waals surface area contributed by atoms with Crippen LogP contribution in [0.5, 0.6) is 0 Å². The van der Waals surface area contributed by atoms with Gasteiger partial charge < -0.3 is 5.32 Å². The van der Waals surface area contributed by atoms with Gasteiger partial charge in [-0.3, -0.25) is 9.62 Å². The van der Waals surface area contributed by atoms with Gasteiger partial charge in [0, 0.05) is 24.5 Å². The Morgan fingerprint density at radius 3 is 2.30 bits per heavy atom. The summed E-state index contributed by atoms with van der Waals surface area (Å²) >= 11 is 0. The fourth-order valence-electron chi connectivity index (χ4n) is 3.26. The number of carbonyl (C=O) groups excluding carboxylic acids is 1. The van der Waals surface area contributed by atoms with Crippen LogP contribution < -0.4 is 14.9 Å². The number of benzene rings is 2. The molecule has 1 fully saturated rings. The molecule has 0 saturated carbocycles. The van der Waals surface area contributed by atoms with Gasteiger partial charge in [-0.1, -0.05) is 51.1 Å². The summed E-state index contributed by atoms with van der Waals surface area (Å²) in [6, 6.07) is 13.4. The molecule has 2 aromatic rings. The van der Waals surface area contributed by atoms with Crippen molar-refractivity contribution in [2.75, 3.05) is 29.0 Å². The van der Waals surface area contributed by atoms with Gasteiger partial charge in [0.2, 0.25) is 10.0 Å². The molecule has 7 heteroatoms. The summed E-state index contributed by atoms with van der Waals surface area (Å²) in [6.07, 6.45) is 6.04. The summed E-state index contributed by atoms with van der Waals surface area (Å²) in [5.74, 6) is 0. The van der Waals surface area contributed by atoms with Crippen molar-refractivity contribution in [2.45, 2.75) is 32.6 Å². The first-order valence-corrected chi connectivity index (χ1v) is 11.9. The van der Waals surface area contributed by atoms with Crippen LogP contribution in [0.3, 0.4) is 0 Å². The molecule has 0 aromatic heterocycles. The molecule has 0 bridgehead atoms. The smallest absolute Gasteiger partial charge is 0.321 e. The number of sulfonamides is 1. The van der Waals surface area contributed by atoms with E-state index >= 15 is 0 Å². The number of carbonyl (C=O) groups is 1. The maximum absolute atomic E-state index is 12.3. The van der Waals surface area contributed by atoms with Gasteiger partial charge in [-0.25, -0.2) is 13.2 Å². The Kier molecular flexibility index (Phi) is 6.22. The standard InChI is InChI=1S/C23H29N3O3S/c1-23(2,3)19-14-18(15-21(16-19)26-13-5-12-24-22(26)27)7-6-17-8-10-20(11-9-17)25-30(4,28)29/h6-11,14-16,25H,5,12-13H2,1-4H3,(H,24,27). The van der Waals surface area contributed by atoms with Crippen molar-refractivity contribution in [3.63, 3.8) is 0 Å². The molecule has 160 valence electrons. The lowest BCUT2D eigenvalue weighted by Crippen LogP contribution is -2.46. The van der Waals surface area contributed by atoms with Gasteiger partial charge in [0.25, 0.3) is 0 Å². The lowest BCUT2D eigenvalue weighted by Gasteiger charge is -2.29. The molecule has 1 aliphatic rings. The average molecular weight is 428 g/mol. The normalized spacial score (nSPS) is 15.3. The number of rotatable bonds is 5. The number of nitrogens with one attached hydrogen (secondary N) is 2. The molecule has 1 heterocycles. The Bertz CT molecular complexity index is 1050. The minimum absolute atomic E-state index is 0.0518. The van der Waals surface area contributed by atoms with E-state index in [2.05, 4.69) is 42.9 Å². The molecule has 0 spiro atoms. The van der Waals surface area contributed by atoms with E-state index in [0.29, 0.717) is 18.8 Å². The molecule has 1 aliphatic heterocycles. The Balaban J connectivity index is 1.89. The first-order valence-electron chi connectivity index (χ1n) is 9.98. The highest BCUT2D eigenvalue weighted by Gasteiger charge is 2.22. The molecule has 2 aromatic carbocycles. The van der Waals surface area contributed by atoms with Gasteiger partial charge in [0.1, 0.15) is 0 Å². The third kappa shape index (κ3) is 5.86. The molecule has 0 atom stereocenters. The molecule has 2 N–H and O–H groups in total. The summed E-state index contributed by atoms with van der Waals surface area (Å²) in [6.45, 7) is 7.89. The first-order chi connectivity index (χ1) is 14.0. The lowest BCUT2D eigenvalue weighted by atomic mass is 9.85. The highest BCUT2D eigenvalue weighted by atomic mass is 32.2. The minimum Gasteiger partial charge on any atom is -0.338 e. The Morgan fingerprint density at radius 2 is 1.70 bits per heavy atom. The molecule has 0 aliphatic carbocycles. The molecule has 6 nitrogen and oxygen atoms in total. The van der Waals surface area contributed by atoms with Crippen molar-refractivity contribution in [2.24, 2.45) is 0 Å². The van der Waals surface area contributed by atoms with Gasteiger partial charge in [-0.05, 0) is 52.8 Å².